The summed E-state index contributed by atoms with van der Waals surface area (Å²) in [4.78, 5) is 10.8. The smallest absolute Gasteiger partial charge is 0.239 e. The fourth-order valence-electron chi connectivity index (χ4n) is 0.751. The summed E-state index contributed by atoms with van der Waals surface area (Å²) in [6.07, 6.45) is 3.75. The fraction of sp³-hybridized carbons (Fsp3) is 0.375. The molecule has 1 amide bonds. The monoisotopic (exact) mass is 180 g/mol. The van der Waals surface area contributed by atoms with Gasteiger partial charge in [0.15, 0.2) is 0 Å². The van der Waals surface area contributed by atoms with Crippen molar-refractivity contribution in [3.8, 4) is 0 Å². The number of aromatic nitrogens is 2. The van der Waals surface area contributed by atoms with E-state index in [1.54, 1.807) is 11.6 Å². The second-order valence-electron chi connectivity index (χ2n) is 2.56. The summed E-state index contributed by atoms with van der Waals surface area (Å²) in [5.74, 6) is -0.104. The van der Waals surface area contributed by atoms with E-state index < -0.39 is 0 Å². The summed E-state index contributed by atoms with van der Waals surface area (Å²) in [5.41, 5.74) is 3.09. The molecular weight excluding hydrogens is 168 g/mol. The van der Waals surface area contributed by atoms with E-state index in [2.05, 4.69) is 15.6 Å². The van der Waals surface area contributed by atoms with Crippen LogP contribution in [0.3, 0.4) is 0 Å². The van der Waals surface area contributed by atoms with Crippen LogP contribution in [0.4, 0.5) is 0 Å². The first kappa shape index (κ1) is 9.44. The van der Waals surface area contributed by atoms with E-state index in [-0.39, 0.29) is 5.91 Å². The summed E-state index contributed by atoms with van der Waals surface area (Å²) in [6.45, 7) is 1.77. The number of nitrogens with one attached hydrogen (secondary N) is 1. The van der Waals surface area contributed by atoms with Gasteiger partial charge in [-0.2, -0.15) is 10.2 Å². The fourth-order valence-corrected chi connectivity index (χ4v) is 0.751. The lowest BCUT2D eigenvalue weighted by molar-refractivity contribution is -0.120. The van der Waals surface area contributed by atoms with Crippen LogP contribution >= 0.6 is 0 Å². The summed E-state index contributed by atoms with van der Waals surface area (Å²) < 4.78 is 1.67. The molecule has 1 aromatic heterocycles. The topological polar surface area (TPSA) is 59.3 Å². The first-order valence-corrected chi connectivity index (χ1v) is 4.04. The van der Waals surface area contributed by atoms with Gasteiger partial charge in [0.05, 0.1) is 6.21 Å². The van der Waals surface area contributed by atoms with Gasteiger partial charge in [0.2, 0.25) is 5.91 Å². The Bertz CT molecular complexity index is 316. The largest absolute Gasteiger partial charge is 0.275 e. The molecule has 0 atom stereocenters. The molecule has 1 heterocycles. The van der Waals surface area contributed by atoms with E-state index >= 15 is 0 Å². The number of amides is 1. The third-order valence-electron chi connectivity index (χ3n) is 1.44. The van der Waals surface area contributed by atoms with E-state index in [0.717, 1.165) is 5.69 Å². The summed E-state index contributed by atoms with van der Waals surface area (Å²) >= 11 is 0. The van der Waals surface area contributed by atoms with Crippen molar-refractivity contribution in [3.63, 3.8) is 0 Å². The average molecular weight is 180 g/mol. The molecule has 0 radical (unpaired) electrons. The van der Waals surface area contributed by atoms with Crippen LogP contribution in [0, 0.1) is 0 Å². The zero-order valence-electron chi connectivity index (χ0n) is 7.69. The van der Waals surface area contributed by atoms with Gasteiger partial charge < -0.3 is 0 Å². The highest BCUT2D eigenvalue weighted by Gasteiger charge is 1.93. The number of aryl methyl sites for hydroxylation is 1. The van der Waals surface area contributed by atoms with Crippen molar-refractivity contribution < 1.29 is 4.79 Å². The van der Waals surface area contributed by atoms with Crippen molar-refractivity contribution in [3.05, 3.63) is 18.0 Å². The lowest BCUT2D eigenvalue weighted by Crippen LogP contribution is -2.15. The van der Waals surface area contributed by atoms with Crippen molar-refractivity contribution in [2.24, 2.45) is 12.1 Å². The van der Waals surface area contributed by atoms with Crippen LogP contribution in [0.25, 0.3) is 0 Å². The van der Waals surface area contributed by atoms with Crippen LogP contribution in [-0.2, 0) is 11.8 Å². The molecular formula is C8H12N4O. The summed E-state index contributed by atoms with van der Waals surface area (Å²) in [7, 11) is 1.82. The molecule has 0 aromatic carbocycles. The number of nitrogens with zero attached hydrogens (tertiary/aromatic N) is 3. The first-order chi connectivity index (χ1) is 6.22. The molecule has 1 aromatic rings. The number of hydrazone groups is 1. The second kappa shape index (κ2) is 4.39. The number of rotatable bonds is 3. The molecule has 0 saturated carbocycles. The van der Waals surface area contributed by atoms with Gasteiger partial charge in [0.1, 0.15) is 5.69 Å². The molecule has 0 saturated heterocycles. The van der Waals surface area contributed by atoms with Gasteiger partial charge in [-0.3, -0.25) is 9.48 Å². The number of hydrogen-bond donors (Lipinski definition) is 1. The maximum atomic E-state index is 10.8. The summed E-state index contributed by atoms with van der Waals surface area (Å²) in [5, 5.41) is 7.77. The Labute approximate surface area is 76.4 Å². The minimum atomic E-state index is -0.104. The molecule has 1 N–H and O–H groups in total. The quantitative estimate of drug-likeness (QED) is 0.536. The van der Waals surface area contributed by atoms with Gasteiger partial charge in [-0.1, -0.05) is 6.92 Å². The van der Waals surface area contributed by atoms with Gasteiger partial charge in [-0.05, 0) is 6.07 Å². The third-order valence-corrected chi connectivity index (χ3v) is 1.44. The Balaban J connectivity index is 2.45. The third kappa shape index (κ3) is 3.06. The Kier molecular flexibility index (Phi) is 3.19. The highest BCUT2D eigenvalue weighted by molar-refractivity contribution is 5.80. The molecule has 0 fully saturated rings. The van der Waals surface area contributed by atoms with Crippen LogP contribution in [0.5, 0.6) is 0 Å². The van der Waals surface area contributed by atoms with E-state index in [4.69, 9.17) is 0 Å². The Morgan fingerprint density at radius 1 is 1.85 bits per heavy atom. The molecule has 13 heavy (non-hydrogen) atoms. The zero-order valence-corrected chi connectivity index (χ0v) is 7.69. The van der Waals surface area contributed by atoms with Gasteiger partial charge in [0.25, 0.3) is 0 Å². The van der Waals surface area contributed by atoms with E-state index in [1.165, 1.54) is 6.21 Å². The van der Waals surface area contributed by atoms with Gasteiger partial charge in [-0.25, -0.2) is 5.43 Å². The van der Waals surface area contributed by atoms with E-state index in [0.29, 0.717) is 6.42 Å². The maximum Gasteiger partial charge on any atom is 0.239 e. The first-order valence-electron chi connectivity index (χ1n) is 4.04. The standard InChI is InChI=1S/C8H12N4O/c1-3-8(13)10-9-6-7-4-5-12(2)11-7/h4-6H,3H2,1-2H3,(H,10,13)/b9-6+. The highest BCUT2D eigenvalue weighted by Crippen LogP contribution is 1.88. The highest BCUT2D eigenvalue weighted by atomic mass is 16.2. The molecule has 5 heteroatoms. The van der Waals surface area contributed by atoms with Crippen molar-refractivity contribution in [1.29, 1.82) is 0 Å². The lowest BCUT2D eigenvalue weighted by Gasteiger charge is -1.91. The van der Waals surface area contributed by atoms with Crippen LogP contribution in [0.1, 0.15) is 19.0 Å². The van der Waals surface area contributed by atoms with Crippen LogP contribution in [-0.4, -0.2) is 21.9 Å². The van der Waals surface area contributed by atoms with Gasteiger partial charge in [0, 0.05) is 19.7 Å². The van der Waals surface area contributed by atoms with Gasteiger partial charge in [-0.15, -0.1) is 0 Å². The summed E-state index contributed by atoms with van der Waals surface area (Å²) in [6, 6.07) is 1.81. The second-order valence-corrected chi connectivity index (χ2v) is 2.56. The normalized spacial score (nSPS) is 10.6. The van der Waals surface area contributed by atoms with Crippen LogP contribution < -0.4 is 5.43 Å². The molecule has 0 aliphatic carbocycles. The van der Waals surface area contributed by atoms with Crippen molar-refractivity contribution in [1.82, 2.24) is 15.2 Å². The Morgan fingerprint density at radius 3 is 3.15 bits per heavy atom. The molecule has 0 unspecified atom stereocenters. The number of carbonyl (C=O) groups is 1. The predicted molar refractivity (Wildman–Crippen MR) is 49.2 cm³/mol. The van der Waals surface area contributed by atoms with Crippen molar-refractivity contribution in [2.45, 2.75) is 13.3 Å². The minimum absolute atomic E-state index is 0.104. The molecule has 0 aliphatic rings. The van der Waals surface area contributed by atoms with E-state index in [1.807, 2.05) is 19.3 Å². The number of carbonyl (C=O) groups excluding carboxylic acids is 1. The van der Waals surface area contributed by atoms with Crippen LogP contribution in [0.2, 0.25) is 0 Å². The Morgan fingerprint density at radius 2 is 2.62 bits per heavy atom. The lowest BCUT2D eigenvalue weighted by atomic mass is 10.5. The molecule has 0 bridgehead atoms. The van der Waals surface area contributed by atoms with Crippen molar-refractivity contribution in [2.75, 3.05) is 0 Å². The molecule has 0 aliphatic heterocycles. The van der Waals surface area contributed by atoms with Crippen molar-refractivity contribution >= 4 is 12.1 Å². The molecule has 70 valence electrons. The maximum absolute atomic E-state index is 10.8. The predicted octanol–water partition coefficient (Wildman–Crippen LogP) is 0.280. The SMILES string of the molecule is CCC(=O)N/N=C/c1ccn(C)n1. The zero-order chi connectivity index (χ0) is 9.68. The number of hydrogen-bond acceptors (Lipinski definition) is 3. The minimum Gasteiger partial charge on any atom is -0.275 e. The van der Waals surface area contributed by atoms with E-state index in [9.17, 15) is 4.79 Å². The van der Waals surface area contributed by atoms with Gasteiger partial charge >= 0.3 is 0 Å². The molecule has 0 spiro atoms. The Hall–Kier alpha value is -1.65. The average Bonchev–Trinajstić information content (AvgIpc) is 2.51. The molecule has 1 rings (SSSR count). The molecule has 5 nitrogen and oxygen atoms in total. The van der Waals surface area contributed by atoms with Crippen LogP contribution in [0.15, 0.2) is 17.4 Å².